The first-order valence-electron chi connectivity index (χ1n) is 49.4. The molecule has 0 bridgehead atoms. The standard InChI is InChI=1S/C104H180N6O22/c1-64-88(2,3)44-65(45-89(64,4)5)128-81(115)72(73(82(116)129-68-50-96(18,19)107(36)97(20,21)51-68)41-78(113)126-66-46-92(10,11)105(34)93(12,13)47-66)40-76(111)120-58-90(6,7)86-122-60-104(61-123-86)62-124-87(125-63-104)91(8,9)59-121-77(112)42-74(83(117)130-69-52-98(22,23)108(37)99(24,25)53-69)80(85(119)132-71-56-102(30,31)110(39)103(32,33)57-71)75(84(118)131-70-54-100(26,27)109(38)101(28,29)55-70)43-79(114)127-67-48-94(14,15)106(35)95(16,17)49-67/h64-75,80,86-87H,40-63H2,1-39H3. The maximum atomic E-state index is 16.3. The Balaban J connectivity index is 0.940. The van der Waals surface area contributed by atoms with Gasteiger partial charge < -0.3 is 61.6 Å². The second-order valence-corrected chi connectivity index (χ2v) is 52.7. The molecule has 9 aliphatic rings. The lowest BCUT2D eigenvalue weighted by Crippen LogP contribution is -2.61. The summed E-state index contributed by atoms with van der Waals surface area (Å²) in [6.07, 6.45) is -2.62. The first-order chi connectivity index (χ1) is 59.7. The molecule has 5 atom stereocenters. The molecule has 5 unspecified atom stereocenters. The second kappa shape index (κ2) is 39.1. The summed E-state index contributed by atoms with van der Waals surface area (Å²) in [6, 6.07) is 0. The van der Waals surface area contributed by atoms with Crippen molar-refractivity contribution in [2.45, 2.75) is 466 Å². The predicted octanol–water partition coefficient (Wildman–Crippen LogP) is 16.1. The van der Waals surface area contributed by atoms with Gasteiger partial charge >= 0.3 is 53.7 Å². The van der Waals surface area contributed by atoms with Gasteiger partial charge in [0.15, 0.2) is 12.6 Å². The molecular weight excluding hydrogens is 1690 g/mol. The van der Waals surface area contributed by atoms with E-state index in [1.165, 1.54) is 0 Å². The summed E-state index contributed by atoms with van der Waals surface area (Å²) in [5.74, 6) is -15.7. The summed E-state index contributed by atoms with van der Waals surface area (Å²) in [6.45, 7) is 67.9. The van der Waals surface area contributed by atoms with Gasteiger partial charge in [-0.1, -0.05) is 62.3 Å². The van der Waals surface area contributed by atoms with Gasteiger partial charge in [0.25, 0.3) is 0 Å². The molecule has 132 heavy (non-hydrogen) atoms. The fourth-order valence-corrected chi connectivity index (χ4v) is 24.5. The number of nitrogens with zero attached hydrogens (tertiary/aromatic N) is 6. The van der Waals surface area contributed by atoms with Crippen molar-refractivity contribution in [3.63, 3.8) is 0 Å². The van der Waals surface area contributed by atoms with Gasteiger partial charge in [0.2, 0.25) is 0 Å². The minimum Gasteiger partial charge on any atom is -0.465 e. The Labute approximate surface area is 794 Å². The van der Waals surface area contributed by atoms with E-state index in [1.54, 1.807) is 0 Å². The van der Waals surface area contributed by atoms with Gasteiger partial charge in [0.05, 0.1) is 87.1 Å². The third kappa shape index (κ3) is 25.7. The first kappa shape index (κ1) is 110. The van der Waals surface area contributed by atoms with Crippen LogP contribution in [-0.2, 0) is 105 Å². The van der Waals surface area contributed by atoms with E-state index in [4.69, 9.17) is 61.6 Å². The van der Waals surface area contributed by atoms with E-state index in [2.05, 4.69) is 244 Å². The molecule has 0 aromatic carbocycles. The molecule has 28 nitrogen and oxygen atoms in total. The lowest BCUT2D eigenvalue weighted by atomic mass is 9.57. The minimum absolute atomic E-state index is 0.0791. The van der Waals surface area contributed by atoms with Crippen molar-refractivity contribution in [1.82, 2.24) is 29.4 Å². The Morgan fingerprint density at radius 1 is 0.273 bits per heavy atom. The van der Waals surface area contributed by atoms with Crippen LogP contribution < -0.4 is 0 Å². The molecule has 8 heterocycles. The molecule has 8 aliphatic heterocycles. The second-order valence-electron chi connectivity index (χ2n) is 52.7. The molecular formula is C104H180N6O22. The number of esters is 9. The van der Waals surface area contributed by atoms with Crippen LogP contribution in [0, 0.1) is 62.6 Å². The van der Waals surface area contributed by atoms with Crippen LogP contribution in [0.4, 0.5) is 0 Å². The summed E-state index contributed by atoms with van der Waals surface area (Å²) in [7, 11) is 12.3. The topological polar surface area (TPSA) is 293 Å². The van der Waals surface area contributed by atoms with E-state index < -0.39 is 236 Å². The van der Waals surface area contributed by atoms with Crippen LogP contribution in [0.25, 0.3) is 0 Å². The van der Waals surface area contributed by atoms with Gasteiger partial charge in [0, 0.05) is 154 Å². The number of carbonyl (C=O) groups is 9. The summed E-state index contributed by atoms with van der Waals surface area (Å²) in [4.78, 5) is 153. The molecule has 0 aromatic rings. The number of carbonyl (C=O) groups excluding carboxylic acids is 9. The quantitative estimate of drug-likeness (QED) is 0.0496. The van der Waals surface area contributed by atoms with Gasteiger partial charge in [-0.05, 0) is 238 Å². The Hall–Kier alpha value is -5.17. The van der Waals surface area contributed by atoms with Crippen molar-refractivity contribution in [3.05, 3.63) is 0 Å². The molecule has 9 fully saturated rings. The average molecular weight is 1870 g/mol. The van der Waals surface area contributed by atoms with Crippen LogP contribution in [0.5, 0.6) is 0 Å². The SMILES string of the molecule is CC1C(C)(C)CC(OC(=O)C(CC(=O)OCC(C)(C)C2OCC3(CO2)COC(C(C)(C)COC(=O)CC(C(=O)OC2CC(C)(C)N(C)C(C)(C)C2)C(C(=O)OC2CC(C)(C)N(C)C(C)(C)C2)C(CC(=O)OC2CC(C)(C)N(C)C(C)(C)C2)C(=O)OC2CC(C)(C)N(C)C(C)(C)C2)OC3)C(CC(=O)OC2CC(C)(C)N(C)C(C)(C)C2)C(=O)OC2CC(C)(C)N(C)C(C)(C)C2)CC1(C)C. The summed E-state index contributed by atoms with van der Waals surface area (Å²) < 4.78 is 84.7. The van der Waals surface area contributed by atoms with Gasteiger partial charge in [-0.25, -0.2) is 0 Å². The normalized spacial score (nSPS) is 29.9. The third-order valence-electron chi connectivity index (χ3n) is 34.5. The van der Waals surface area contributed by atoms with E-state index in [9.17, 15) is 9.59 Å². The van der Waals surface area contributed by atoms with E-state index in [-0.39, 0.29) is 67.5 Å². The zero-order valence-corrected chi connectivity index (χ0v) is 89.3. The van der Waals surface area contributed by atoms with Crippen LogP contribution >= 0.6 is 0 Å². The molecule has 8 saturated heterocycles. The van der Waals surface area contributed by atoms with Crippen LogP contribution in [0.15, 0.2) is 0 Å². The molecule has 1 spiro atoms. The number of piperidine rings is 6. The van der Waals surface area contributed by atoms with Gasteiger partial charge in [-0.3, -0.25) is 72.6 Å². The van der Waals surface area contributed by atoms with Crippen molar-refractivity contribution in [2.24, 2.45) is 62.6 Å². The van der Waals surface area contributed by atoms with Crippen molar-refractivity contribution in [3.8, 4) is 0 Å². The van der Waals surface area contributed by atoms with Crippen LogP contribution in [0.1, 0.15) is 344 Å². The molecule has 758 valence electrons. The highest BCUT2D eigenvalue weighted by atomic mass is 16.7. The highest BCUT2D eigenvalue weighted by Crippen LogP contribution is 2.54. The molecule has 0 radical (unpaired) electrons. The number of hydrogen-bond donors (Lipinski definition) is 0. The Bertz CT molecular complexity index is 3970. The highest BCUT2D eigenvalue weighted by Gasteiger charge is 2.59. The number of rotatable bonds is 29. The molecule has 1 saturated carbocycles. The Morgan fingerprint density at radius 3 is 0.689 bits per heavy atom. The fraction of sp³-hybridized carbons (Fsp3) is 0.913. The maximum Gasteiger partial charge on any atom is 0.311 e. The third-order valence-corrected chi connectivity index (χ3v) is 34.5. The van der Waals surface area contributed by atoms with Crippen molar-refractivity contribution < 1.29 is 105 Å². The van der Waals surface area contributed by atoms with Crippen molar-refractivity contribution >= 4 is 53.7 Å². The zero-order chi connectivity index (χ0) is 100.0. The van der Waals surface area contributed by atoms with Crippen LogP contribution in [0.3, 0.4) is 0 Å². The van der Waals surface area contributed by atoms with E-state index in [0.717, 1.165) is 0 Å². The number of ether oxygens (including phenoxy) is 13. The molecule has 1 aliphatic carbocycles. The lowest BCUT2D eigenvalue weighted by molar-refractivity contribution is -0.337. The summed E-state index contributed by atoms with van der Waals surface area (Å²) in [5.41, 5.74) is -8.61. The summed E-state index contributed by atoms with van der Waals surface area (Å²) in [5, 5.41) is 0. The Kier molecular flexibility index (Phi) is 32.8. The van der Waals surface area contributed by atoms with E-state index >= 15 is 33.6 Å². The monoisotopic (exact) mass is 1870 g/mol. The van der Waals surface area contributed by atoms with Gasteiger partial charge in [0.1, 0.15) is 55.9 Å². The van der Waals surface area contributed by atoms with Crippen molar-refractivity contribution in [1.29, 1.82) is 0 Å². The molecule has 0 amide bonds. The predicted molar refractivity (Wildman–Crippen MR) is 505 cm³/mol. The van der Waals surface area contributed by atoms with E-state index in [1.807, 2.05) is 55.9 Å². The molecule has 0 N–H and O–H groups in total. The molecule has 9 rings (SSSR count). The average Bonchev–Trinajstić information content (AvgIpc) is 0.772. The van der Waals surface area contributed by atoms with Crippen LogP contribution in [-0.4, -0.2) is 287 Å². The Morgan fingerprint density at radius 2 is 0.455 bits per heavy atom. The minimum atomic E-state index is -1.85. The number of likely N-dealkylation sites (tertiary alicyclic amines) is 6. The largest absolute Gasteiger partial charge is 0.465 e. The lowest BCUT2D eigenvalue weighted by Gasteiger charge is -2.53. The van der Waals surface area contributed by atoms with E-state index in [0.29, 0.717) is 89.9 Å². The van der Waals surface area contributed by atoms with Crippen molar-refractivity contribution in [2.75, 3.05) is 81.9 Å². The molecule has 0 aromatic heterocycles. The maximum absolute atomic E-state index is 16.3. The smallest absolute Gasteiger partial charge is 0.311 e. The van der Waals surface area contributed by atoms with Gasteiger partial charge in [-0.2, -0.15) is 0 Å². The first-order valence-corrected chi connectivity index (χ1v) is 49.4. The number of hydrogen-bond acceptors (Lipinski definition) is 28. The van der Waals surface area contributed by atoms with Crippen LogP contribution in [0.2, 0.25) is 0 Å². The fourth-order valence-electron chi connectivity index (χ4n) is 24.5. The van der Waals surface area contributed by atoms with Gasteiger partial charge in [-0.15, -0.1) is 0 Å². The zero-order valence-electron chi connectivity index (χ0n) is 89.3. The summed E-state index contributed by atoms with van der Waals surface area (Å²) >= 11 is 0. The highest BCUT2D eigenvalue weighted by molar-refractivity contribution is 5.92. The molecule has 28 heteroatoms.